The molecular formula is C18H21Cl2N3O. The van der Waals surface area contributed by atoms with Gasteiger partial charge in [-0.25, -0.2) is 0 Å². The maximum atomic E-state index is 12.4. The summed E-state index contributed by atoms with van der Waals surface area (Å²) >= 11 is 5.99. The molecule has 0 saturated heterocycles. The summed E-state index contributed by atoms with van der Waals surface area (Å²) in [6.45, 7) is 1.71. The first-order valence-corrected chi connectivity index (χ1v) is 8.01. The van der Waals surface area contributed by atoms with Crippen molar-refractivity contribution in [2.75, 3.05) is 32.1 Å². The zero-order valence-corrected chi connectivity index (χ0v) is 15.3. The van der Waals surface area contributed by atoms with Crippen molar-refractivity contribution < 1.29 is 4.79 Å². The number of hydrogen-bond donors (Lipinski definition) is 1. The van der Waals surface area contributed by atoms with E-state index in [1.54, 1.807) is 0 Å². The lowest BCUT2D eigenvalue weighted by atomic mass is 10.0. The molecule has 2 aromatic rings. The molecule has 0 spiro atoms. The molecule has 6 heteroatoms. The highest BCUT2D eigenvalue weighted by Crippen LogP contribution is 2.33. The third-order valence-electron chi connectivity index (χ3n) is 4.01. The number of nitrogens with zero attached hydrogens (tertiary/aromatic N) is 2. The third kappa shape index (κ3) is 3.83. The van der Waals surface area contributed by atoms with E-state index in [-0.39, 0.29) is 24.5 Å². The van der Waals surface area contributed by atoms with Crippen LogP contribution < -0.4 is 10.2 Å². The van der Waals surface area contributed by atoms with Gasteiger partial charge in [-0.1, -0.05) is 35.9 Å². The molecule has 0 aromatic heterocycles. The predicted octanol–water partition coefficient (Wildman–Crippen LogP) is 3.57. The maximum Gasteiger partial charge on any atom is 0.255 e. The number of rotatable bonds is 4. The SMILES string of the molecule is CN(C)CCN1c2ccccc2C(=O)NC1c1ccc(Cl)cc1.Cl. The number of nitrogens with one attached hydrogen (secondary N) is 1. The Morgan fingerprint density at radius 3 is 2.46 bits per heavy atom. The Morgan fingerprint density at radius 1 is 1.12 bits per heavy atom. The van der Waals surface area contributed by atoms with Gasteiger partial charge in [-0.05, 0) is 43.9 Å². The van der Waals surface area contributed by atoms with Crippen LogP contribution in [-0.4, -0.2) is 38.0 Å². The van der Waals surface area contributed by atoms with Crippen LogP contribution >= 0.6 is 24.0 Å². The first-order valence-electron chi connectivity index (χ1n) is 7.63. The van der Waals surface area contributed by atoms with Gasteiger partial charge in [0.05, 0.1) is 11.3 Å². The van der Waals surface area contributed by atoms with Gasteiger partial charge in [-0.3, -0.25) is 4.79 Å². The Morgan fingerprint density at radius 2 is 1.79 bits per heavy atom. The van der Waals surface area contributed by atoms with Crippen molar-refractivity contribution in [1.29, 1.82) is 0 Å². The van der Waals surface area contributed by atoms with Gasteiger partial charge in [-0.2, -0.15) is 0 Å². The zero-order valence-electron chi connectivity index (χ0n) is 13.7. The van der Waals surface area contributed by atoms with Crippen LogP contribution in [0.3, 0.4) is 0 Å². The van der Waals surface area contributed by atoms with Crippen molar-refractivity contribution in [3.05, 3.63) is 64.7 Å². The molecule has 128 valence electrons. The molecule has 3 rings (SSSR count). The second kappa shape index (κ2) is 7.88. The van der Waals surface area contributed by atoms with E-state index in [0.29, 0.717) is 5.02 Å². The van der Waals surface area contributed by atoms with Crippen LogP contribution in [0.4, 0.5) is 5.69 Å². The molecule has 0 fully saturated rings. The van der Waals surface area contributed by atoms with E-state index in [1.165, 1.54) is 0 Å². The molecule has 1 amide bonds. The van der Waals surface area contributed by atoms with Gasteiger partial charge in [0.25, 0.3) is 5.91 Å². The number of benzene rings is 2. The van der Waals surface area contributed by atoms with Gasteiger partial charge in [0.2, 0.25) is 0 Å². The van der Waals surface area contributed by atoms with E-state index >= 15 is 0 Å². The quantitative estimate of drug-likeness (QED) is 0.899. The number of amides is 1. The summed E-state index contributed by atoms with van der Waals surface area (Å²) in [5, 5.41) is 3.80. The number of para-hydroxylation sites is 1. The molecule has 0 aliphatic carbocycles. The van der Waals surface area contributed by atoms with E-state index in [1.807, 2.05) is 62.6 Å². The highest BCUT2D eigenvalue weighted by Gasteiger charge is 2.31. The molecule has 2 aromatic carbocycles. The Bertz CT molecular complexity index is 704. The molecule has 1 heterocycles. The Labute approximate surface area is 153 Å². The minimum Gasteiger partial charge on any atom is -0.345 e. The molecule has 4 nitrogen and oxygen atoms in total. The molecule has 1 N–H and O–H groups in total. The monoisotopic (exact) mass is 365 g/mol. The molecular weight excluding hydrogens is 345 g/mol. The maximum absolute atomic E-state index is 12.4. The summed E-state index contributed by atoms with van der Waals surface area (Å²) in [5.41, 5.74) is 2.71. The topological polar surface area (TPSA) is 35.6 Å². The van der Waals surface area contributed by atoms with Gasteiger partial charge in [-0.15, -0.1) is 12.4 Å². The van der Waals surface area contributed by atoms with E-state index < -0.39 is 0 Å². The van der Waals surface area contributed by atoms with Crippen LogP contribution in [0.1, 0.15) is 22.1 Å². The van der Waals surface area contributed by atoms with Crippen LogP contribution in [0.2, 0.25) is 5.02 Å². The van der Waals surface area contributed by atoms with Crippen LogP contribution in [0.5, 0.6) is 0 Å². The summed E-state index contributed by atoms with van der Waals surface area (Å²) in [7, 11) is 4.09. The molecule has 0 saturated carbocycles. The summed E-state index contributed by atoms with van der Waals surface area (Å²) in [6, 6.07) is 15.4. The van der Waals surface area contributed by atoms with Gasteiger partial charge < -0.3 is 15.1 Å². The van der Waals surface area contributed by atoms with Crippen LogP contribution in [-0.2, 0) is 0 Å². The van der Waals surface area contributed by atoms with E-state index in [4.69, 9.17) is 11.6 Å². The van der Waals surface area contributed by atoms with Crippen molar-refractivity contribution in [1.82, 2.24) is 10.2 Å². The Hall–Kier alpha value is -1.75. The largest absolute Gasteiger partial charge is 0.345 e. The number of carbonyl (C=O) groups excluding carboxylic acids is 1. The smallest absolute Gasteiger partial charge is 0.255 e. The highest BCUT2D eigenvalue weighted by atomic mass is 35.5. The van der Waals surface area contributed by atoms with Crippen molar-refractivity contribution >= 4 is 35.6 Å². The predicted molar refractivity (Wildman–Crippen MR) is 101 cm³/mol. The number of halogens is 2. The van der Waals surface area contributed by atoms with Crippen molar-refractivity contribution in [2.45, 2.75) is 6.17 Å². The zero-order chi connectivity index (χ0) is 16.4. The van der Waals surface area contributed by atoms with Crippen molar-refractivity contribution in [2.24, 2.45) is 0 Å². The second-order valence-corrected chi connectivity index (χ2v) is 6.38. The summed E-state index contributed by atoms with van der Waals surface area (Å²) in [5.74, 6) is -0.0401. The molecule has 24 heavy (non-hydrogen) atoms. The van der Waals surface area contributed by atoms with Crippen LogP contribution in [0.15, 0.2) is 48.5 Å². The van der Waals surface area contributed by atoms with Gasteiger partial charge in [0.15, 0.2) is 0 Å². The minimum absolute atomic E-state index is 0. The number of carbonyl (C=O) groups is 1. The average Bonchev–Trinajstić information content (AvgIpc) is 2.54. The lowest BCUT2D eigenvalue weighted by Gasteiger charge is -2.39. The van der Waals surface area contributed by atoms with E-state index in [9.17, 15) is 4.79 Å². The molecule has 0 radical (unpaired) electrons. The fourth-order valence-corrected chi connectivity index (χ4v) is 2.93. The molecule has 0 bridgehead atoms. The minimum atomic E-state index is -0.186. The fraction of sp³-hybridized carbons (Fsp3) is 0.278. The molecule has 1 aliphatic heterocycles. The Kier molecular flexibility index (Phi) is 6.10. The number of anilines is 1. The first-order chi connectivity index (χ1) is 11.1. The lowest BCUT2D eigenvalue weighted by molar-refractivity contribution is 0.0926. The average molecular weight is 366 g/mol. The van der Waals surface area contributed by atoms with Gasteiger partial charge in [0.1, 0.15) is 6.17 Å². The van der Waals surface area contributed by atoms with Gasteiger partial charge in [0, 0.05) is 18.1 Å². The summed E-state index contributed by atoms with van der Waals surface area (Å²) in [6.07, 6.45) is -0.186. The standard InChI is InChI=1S/C18H20ClN3O.ClH/c1-21(2)11-12-22-16-6-4-3-5-15(16)18(23)20-17(22)13-7-9-14(19)10-8-13;/h3-10,17H,11-12H2,1-2H3,(H,20,23);1H. The number of likely N-dealkylation sites (N-methyl/N-ethyl adjacent to an activating group) is 1. The van der Waals surface area contributed by atoms with E-state index in [0.717, 1.165) is 29.9 Å². The Balaban J connectivity index is 0.00000208. The van der Waals surface area contributed by atoms with Crippen LogP contribution in [0.25, 0.3) is 0 Å². The van der Waals surface area contributed by atoms with E-state index in [2.05, 4.69) is 15.1 Å². The number of fused-ring (bicyclic) bond motifs is 1. The molecule has 1 unspecified atom stereocenters. The highest BCUT2D eigenvalue weighted by molar-refractivity contribution is 6.30. The summed E-state index contributed by atoms with van der Waals surface area (Å²) < 4.78 is 0. The van der Waals surface area contributed by atoms with Gasteiger partial charge >= 0.3 is 0 Å². The lowest BCUT2D eigenvalue weighted by Crippen LogP contribution is -2.48. The van der Waals surface area contributed by atoms with Crippen molar-refractivity contribution in [3.63, 3.8) is 0 Å². The van der Waals surface area contributed by atoms with Crippen LogP contribution in [0, 0.1) is 0 Å². The second-order valence-electron chi connectivity index (χ2n) is 5.94. The van der Waals surface area contributed by atoms with Crippen molar-refractivity contribution in [3.8, 4) is 0 Å². The number of hydrogen-bond acceptors (Lipinski definition) is 3. The molecule has 1 atom stereocenters. The third-order valence-corrected chi connectivity index (χ3v) is 4.26. The molecule has 1 aliphatic rings. The fourth-order valence-electron chi connectivity index (χ4n) is 2.80. The normalized spacial score (nSPS) is 16.4. The summed E-state index contributed by atoms with van der Waals surface area (Å²) in [4.78, 5) is 16.8. The first kappa shape index (κ1) is 18.6.